The van der Waals surface area contributed by atoms with E-state index in [-0.39, 0.29) is 10.6 Å². The van der Waals surface area contributed by atoms with E-state index in [0.717, 1.165) is 29.0 Å². The molecule has 0 unspecified atom stereocenters. The minimum atomic E-state index is -3.66. The molecule has 0 spiro atoms. The Kier molecular flexibility index (Phi) is 6.75. The number of sulfonamides is 1. The van der Waals surface area contributed by atoms with Crippen molar-refractivity contribution in [2.75, 3.05) is 31.6 Å². The van der Waals surface area contributed by atoms with Crippen LogP contribution in [0.15, 0.2) is 41.4 Å². The number of rotatable bonds is 7. The number of carbonyl (C=O) groups excluding carboxylic acids is 1. The number of amides is 1. The van der Waals surface area contributed by atoms with Gasteiger partial charge in [-0.15, -0.1) is 11.3 Å². The van der Waals surface area contributed by atoms with Gasteiger partial charge in [-0.1, -0.05) is 37.6 Å². The Hall–Kier alpha value is -2.53. The van der Waals surface area contributed by atoms with Crippen molar-refractivity contribution in [1.29, 1.82) is 0 Å². The first-order chi connectivity index (χ1) is 15.4. The number of aromatic nitrogens is 2. The molecule has 0 saturated carbocycles. The first-order valence-electron chi connectivity index (χ1n) is 10.5. The summed E-state index contributed by atoms with van der Waals surface area (Å²) in [5.74, 6) is -0.438. The molecule has 3 heterocycles. The van der Waals surface area contributed by atoms with E-state index in [1.807, 2.05) is 19.1 Å². The van der Waals surface area contributed by atoms with Gasteiger partial charge < -0.3 is 9.72 Å². The van der Waals surface area contributed by atoms with Gasteiger partial charge in [-0.2, -0.15) is 4.31 Å². The van der Waals surface area contributed by atoms with Crippen LogP contribution in [0.4, 0.5) is 5.13 Å². The summed E-state index contributed by atoms with van der Waals surface area (Å²) < 4.78 is 32.1. The van der Waals surface area contributed by atoms with Gasteiger partial charge >= 0.3 is 0 Å². The predicted octanol–water partition coefficient (Wildman–Crippen LogP) is 3.67. The number of hydrogen-bond acceptors (Lipinski definition) is 6. The van der Waals surface area contributed by atoms with Gasteiger partial charge in [0.15, 0.2) is 5.13 Å². The summed E-state index contributed by atoms with van der Waals surface area (Å²) in [5, 5.41) is 3.24. The molecular weight excluding hydrogens is 448 g/mol. The number of thiazole rings is 1. The van der Waals surface area contributed by atoms with Crippen molar-refractivity contribution in [3.05, 3.63) is 52.7 Å². The van der Waals surface area contributed by atoms with E-state index in [1.165, 1.54) is 33.5 Å². The Balaban J connectivity index is 1.47. The zero-order valence-electron chi connectivity index (χ0n) is 18.1. The van der Waals surface area contributed by atoms with Crippen LogP contribution in [-0.4, -0.2) is 54.9 Å². The van der Waals surface area contributed by atoms with Gasteiger partial charge in [0.2, 0.25) is 10.0 Å². The van der Waals surface area contributed by atoms with Crippen molar-refractivity contribution < 1.29 is 17.9 Å². The molecule has 1 amide bonds. The van der Waals surface area contributed by atoms with E-state index in [0.29, 0.717) is 31.4 Å². The average Bonchev–Trinajstić information content (AvgIpc) is 3.43. The Morgan fingerprint density at radius 1 is 1.25 bits per heavy atom. The minimum absolute atomic E-state index is 0.0627. The molecule has 1 aliphatic heterocycles. The van der Waals surface area contributed by atoms with E-state index >= 15 is 0 Å². The molecule has 32 heavy (non-hydrogen) atoms. The second kappa shape index (κ2) is 9.53. The van der Waals surface area contributed by atoms with Crippen LogP contribution in [0.5, 0.6) is 0 Å². The van der Waals surface area contributed by atoms with E-state index in [2.05, 4.69) is 34.3 Å². The number of H-pyrrole nitrogens is 1. The number of nitrogens with one attached hydrogen (secondary N) is 2. The third-order valence-corrected chi connectivity index (χ3v) is 8.05. The maximum absolute atomic E-state index is 12.8. The summed E-state index contributed by atoms with van der Waals surface area (Å²) >= 11 is 1.38. The number of morpholine rings is 1. The van der Waals surface area contributed by atoms with Crippen molar-refractivity contribution in [1.82, 2.24) is 14.3 Å². The highest BCUT2D eigenvalue weighted by molar-refractivity contribution is 7.89. The summed E-state index contributed by atoms with van der Waals surface area (Å²) in [6, 6.07) is 9.66. The number of hydrogen-bond donors (Lipinski definition) is 2. The van der Waals surface area contributed by atoms with Crippen molar-refractivity contribution in [2.24, 2.45) is 0 Å². The molecule has 170 valence electrons. The highest BCUT2D eigenvalue weighted by atomic mass is 32.2. The maximum atomic E-state index is 12.8. The fourth-order valence-electron chi connectivity index (χ4n) is 3.59. The third kappa shape index (κ3) is 4.78. The van der Waals surface area contributed by atoms with Gasteiger partial charge in [0.05, 0.1) is 18.9 Å². The lowest BCUT2D eigenvalue weighted by molar-refractivity contribution is 0.0730. The lowest BCUT2D eigenvalue weighted by Gasteiger charge is -2.25. The zero-order chi connectivity index (χ0) is 22.7. The maximum Gasteiger partial charge on any atom is 0.273 e. The molecule has 0 aliphatic carbocycles. The van der Waals surface area contributed by atoms with Gasteiger partial charge in [0, 0.05) is 29.7 Å². The first kappa shape index (κ1) is 22.7. The fourth-order valence-corrected chi connectivity index (χ4v) is 5.82. The van der Waals surface area contributed by atoms with Crippen molar-refractivity contribution in [2.45, 2.75) is 31.6 Å². The fraction of sp³-hybridized carbons (Fsp3) is 0.364. The Labute approximate surface area is 191 Å². The summed E-state index contributed by atoms with van der Waals surface area (Å²) in [7, 11) is -3.66. The van der Waals surface area contributed by atoms with Gasteiger partial charge in [0.1, 0.15) is 10.6 Å². The van der Waals surface area contributed by atoms with E-state index < -0.39 is 15.9 Å². The van der Waals surface area contributed by atoms with Crippen molar-refractivity contribution >= 4 is 32.4 Å². The van der Waals surface area contributed by atoms with Crippen LogP contribution < -0.4 is 5.32 Å². The number of nitrogens with zero attached hydrogens (tertiary/aromatic N) is 2. The molecule has 4 rings (SSSR count). The number of aryl methyl sites for hydroxylation is 2. The summed E-state index contributed by atoms with van der Waals surface area (Å²) in [5.41, 5.74) is 3.27. The summed E-state index contributed by atoms with van der Waals surface area (Å²) in [4.78, 5) is 21.1. The SMILES string of the molecule is CCCc1ccc(-c2nc(NC(=O)c3cc(S(=O)(=O)N4CCOCC4)c[nH]3)sc2C)cc1. The zero-order valence-corrected chi connectivity index (χ0v) is 19.7. The van der Waals surface area contributed by atoms with Gasteiger partial charge in [0.25, 0.3) is 5.91 Å². The molecule has 1 saturated heterocycles. The molecule has 3 aromatic rings. The molecule has 0 bridgehead atoms. The van der Waals surface area contributed by atoms with Gasteiger partial charge in [-0.05, 0) is 25.0 Å². The Bertz CT molecular complexity index is 1190. The molecule has 0 atom stereocenters. The second-order valence-electron chi connectivity index (χ2n) is 7.59. The molecule has 10 heteroatoms. The standard InChI is InChI=1S/C22H26N4O4S2/c1-3-4-16-5-7-17(8-6-16)20-15(2)31-22(24-20)25-21(27)19-13-18(14-23-19)32(28,29)26-9-11-30-12-10-26/h5-8,13-14,23H,3-4,9-12H2,1-2H3,(H,24,25,27). The normalized spacial score (nSPS) is 15.1. The highest BCUT2D eigenvalue weighted by Crippen LogP contribution is 2.31. The Morgan fingerprint density at radius 2 is 1.97 bits per heavy atom. The van der Waals surface area contributed by atoms with E-state index in [1.54, 1.807) is 0 Å². The molecule has 2 aromatic heterocycles. The molecule has 2 N–H and O–H groups in total. The van der Waals surface area contributed by atoms with Gasteiger partial charge in [-0.25, -0.2) is 13.4 Å². The monoisotopic (exact) mass is 474 g/mol. The van der Waals surface area contributed by atoms with Crippen molar-refractivity contribution in [3.63, 3.8) is 0 Å². The van der Waals surface area contributed by atoms with Crippen LogP contribution >= 0.6 is 11.3 Å². The predicted molar refractivity (Wildman–Crippen MR) is 125 cm³/mol. The summed E-state index contributed by atoms with van der Waals surface area (Å²) in [6.45, 7) is 5.45. The molecule has 8 nitrogen and oxygen atoms in total. The first-order valence-corrected chi connectivity index (χ1v) is 12.8. The van der Waals surface area contributed by atoms with Crippen LogP contribution in [0.25, 0.3) is 11.3 Å². The number of benzene rings is 1. The molecular formula is C22H26N4O4S2. The van der Waals surface area contributed by atoms with E-state index in [9.17, 15) is 13.2 Å². The molecule has 0 radical (unpaired) electrons. The molecule has 1 aromatic carbocycles. The van der Waals surface area contributed by atoms with Crippen molar-refractivity contribution in [3.8, 4) is 11.3 Å². The highest BCUT2D eigenvalue weighted by Gasteiger charge is 2.28. The van der Waals surface area contributed by atoms with Crippen LogP contribution in [-0.2, 0) is 21.2 Å². The number of carbonyl (C=O) groups is 1. The van der Waals surface area contributed by atoms with Crippen LogP contribution in [0.2, 0.25) is 0 Å². The quantitative estimate of drug-likeness (QED) is 0.544. The van der Waals surface area contributed by atoms with Crippen LogP contribution in [0.3, 0.4) is 0 Å². The molecule has 1 fully saturated rings. The average molecular weight is 475 g/mol. The minimum Gasteiger partial charge on any atom is -0.379 e. The van der Waals surface area contributed by atoms with Crippen LogP contribution in [0, 0.1) is 6.92 Å². The van der Waals surface area contributed by atoms with E-state index in [4.69, 9.17) is 4.74 Å². The molecule has 1 aliphatic rings. The largest absolute Gasteiger partial charge is 0.379 e. The number of anilines is 1. The van der Waals surface area contributed by atoms with Gasteiger partial charge in [-0.3, -0.25) is 10.1 Å². The number of aromatic amines is 1. The lowest BCUT2D eigenvalue weighted by Crippen LogP contribution is -2.40. The lowest BCUT2D eigenvalue weighted by atomic mass is 10.1. The summed E-state index contributed by atoms with van der Waals surface area (Å²) in [6.07, 6.45) is 3.48. The second-order valence-corrected chi connectivity index (χ2v) is 10.7. The topological polar surface area (TPSA) is 104 Å². The smallest absolute Gasteiger partial charge is 0.273 e. The third-order valence-electron chi connectivity index (χ3n) is 5.29. The Morgan fingerprint density at radius 3 is 2.66 bits per heavy atom. The van der Waals surface area contributed by atoms with Crippen LogP contribution in [0.1, 0.15) is 34.3 Å². The number of ether oxygens (including phenoxy) is 1.